The van der Waals surface area contributed by atoms with Crippen LogP contribution in [-0.4, -0.2) is 221 Å². The van der Waals surface area contributed by atoms with Gasteiger partial charge in [0.25, 0.3) is 0 Å². The van der Waals surface area contributed by atoms with Crippen LogP contribution in [0.4, 0.5) is 0 Å². The fraction of sp³-hybridized carbons (Fsp3) is 1.00. The van der Waals surface area contributed by atoms with Crippen molar-refractivity contribution < 1.29 is 0 Å². The molecule has 18 atom stereocenters. The first kappa shape index (κ1) is 128. The third kappa shape index (κ3) is 17.6. The van der Waals surface area contributed by atoms with Gasteiger partial charge in [-0.25, -0.2) is 0 Å². The van der Waals surface area contributed by atoms with Crippen molar-refractivity contribution in [1.82, 2.24) is 19.1 Å². The van der Waals surface area contributed by atoms with Gasteiger partial charge in [-0.15, -0.1) is 0 Å². The van der Waals surface area contributed by atoms with Gasteiger partial charge >= 0.3 is 401 Å². The van der Waals surface area contributed by atoms with Crippen molar-refractivity contribution in [2.75, 3.05) is 0 Å². The zero-order valence-electron chi connectivity index (χ0n) is 103. The Hall–Kier alpha value is 11.7. The Kier molecular flexibility index (Phi) is 34.4. The molecule has 0 amide bonds. The Bertz CT molecular complexity index is 3650. The molecule has 0 saturated carbocycles. The number of fused-ring (bicyclic) bond motifs is 6. The van der Waals surface area contributed by atoms with E-state index >= 15 is 0 Å². The maximum absolute atomic E-state index is 3.07. The van der Waals surface area contributed by atoms with Crippen LogP contribution >= 0.6 is 143 Å². The fourth-order valence-electron chi connectivity index (χ4n) is 29.1. The van der Waals surface area contributed by atoms with E-state index in [1.54, 1.807) is 0 Å². The molecule has 135 heavy (non-hydrogen) atoms. The summed E-state index contributed by atoms with van der Waals surface area (Å²) in [5, 5.41) is 0. The minimum atomic E-state index is -1.19. The van der Waals surface area contributed by atoms with Gasteiger partial charge in [0, 0.05) is 55.7 Å². The third-order valence-corrected chi connectivity index (χ3v) is 262. The van der Waals surface area contributed by atoms with E-state index < -0.39 is 98.8 Å². The summed E-state index contributed by atoms with van der Waals surface area (Å²) >= 11 is -0.343. The summed E-state index contributed by atoms with van der Waals surface area (Å²) < 4.78 is 28.4. The van der Waals surface area contributed by atoms with Gasteiger partial charge in [-0.2, -0.15) is 0 Å². The summed E-state index contributed by atoms with van der Waals surface area (Å²) in [6.45, 7) is 187. The molecule has 15 fully saturated rings. The predicted molar refractivity (Wildman–Crippen MR) is 708 cm³/mol. The summed E-state index contributed by atoms with van der Waals surface area (Å²) in [6, 6.07) is 0. The Morgan fingerprint density at radius 2 is 0.215 bits per heavy atom. The van der Waals surface area contributed by atoms with Crippen LogP contribution < -0.4 is 0 Å². The molecular formula is C96H222Ge3N6P18Si12. The molecular weight excluding hydrogens is 2350 g/mol. The van der Waals surface area contributed by atoms with Crippen LogP contribution in [0.15, 0.2) is 0 Å². The molecule has 39 heteroatoms. The molecule has 15 rings (SSSR count). The molecule has 0 bridgehead atoms. The van der Waals surface area contributed by atoms with Crippen LogP contribution in [0.25, 0.3) is 0 Å². The second kappa shape index (κ2) is 36.1. The standard InChI is InChI=1S/3C20H38P6.3C12H36GeN2Si4/c3*1-13(2,3)17-21-26-18(14(4,5)6)22-25(17)19(15(7,8)9)23(17)20(26,24(18)19)16(10,11)12;3*1-16(2,3)14(17(4,5)6)13-15(18(7,8)9)19(10,11)12/h3*21-22H,1-12H3;3*1-12H3/t3*17-,18-,19?,20?,23?,24?,25+,26+;;;/m111.../s1. The molecule has 0 N–H and O–H groups in total. The van der Waals surface area contributed by atoms with Gasteiger partial charge in [0.2, 0.25) is 0 Å². The molecule has 786 valence electrons. The predicted octanol–water partition coefficient (Wildman–Crippen LogP) is 43.3. The van der Waals surface area contributed by atoms with E-state index in [1.807, 2.05) is 0 Å². The van der Waals surface area contributed by atoms with Crippen molar-refractivity contribution in [3.05, 3.63) is 0 Å². The molecule has 6 radical (unpaired) electrons. The van der Waals surface area contributed by atoms with E-state index in [1.165, 1.54) is 49.6 Å². The fourth-order valence-corrected chi connectivity index (χ4v) is 323. The van der Waals surface area contributed by atoms with Crippen molar-refractivity contribution in [2.45, 2.75) is 541 Å². The molecule has 15 aliphatic heterocycles. The van der Waals surface area contributed by atoms with Crippen LogP contribution in [-0.2, 0) is 0 Å². The van der Waals surface area contributed by atoms with E-state index in [0.29, 0.717) is 65.0 Å². The van der Waals surface area contributed by atoms with Crippen LogP contribution in [0.5, 0.6) is 0 Å². The molecule has 0 aromatic heterocycles. The monoisotopic (exact) mass is 2570 g/mol. The number of nitrogens with zero attached hydrogens (tertiary/aromatic N) is 6. The van der Waals surface area contributed by atoms with Gasteiger partial charge < -0.3 is 0 Å². The first-order valence-corrected chi connectivity index (χ1v) is 127. The normalized spacial score (nSPS) is 40.4. The maximum atomic E-state index is 3.07. The van der Waals surface area contributed by atoms with Crippen molar-refractivity contribution in [3.8, 4) is 0 Å². The van der Waals surface area contributed by atoms with Gasteiger partial charge in [-0.05, 0) is 65.0 Å². The third-order valence-electron chi connectivity index (χ3n) is 32.1. The quantitative estimate of drug-likeness (QED) is 0.0999. The van der Waals surface area contributed by atoms with E-state index in [0.717, 1.165) is 55.7 Å². The van der Waals surface area contributed by atoms with Gasteiger partial charge in [-0.3, -0.25) is 0 Å². The van der Waals surface area contributed by atoms with Gasteiger partial charge in [0.05, 0.1) is 0 Å². The minimum absolute atomic E-state index is 0.114. The molecule has 15 aliphatic rings. The van der Waals surface area contributed by atoms with Crippen molar-refractivity contribution in [3.63, 3.8) is 0 Å². The first-order valence-electron chi connectivity index (χ1n) is 52.6. The second-order valence-corrected chi connectivity index (χ2v) is 206. The Balaban J connectivity index is 0.000000169. The summed E-state index contributed by atoms with van der Waals surface area (Å²) in [4.78, 5) is 0. The summed E-state index contributed by atoms with van der Waals surface area (Å²) in [6.07, 6.45) is 0. The van der Waals surface area contributed by atoms with Crippen LogP contribution in [0.1, 0.15) is 249 Å². The number of hydrogen-bond donors (Lipinski definition) is 0. The van der Waals surface area contributed by atoms with Crippen molar-refractivity contribution >= 4 is 289 Å². The number of rotatable bonds is 18. The van der Waals surface area contributed by atoms with Crippen molar-refractivity contribution in [2.24, 2.45) is 65.0 Å². The van der Waals surface area contributed by atoms with Gasteiger partial charge in [0.1, 0.15) is 0 Å². The van der Waals surface area contributed by atoms with Crippen LogP contribution in [0.2, 0.25) is 236 Å². The van der Waals surface area contributed by atoms with E-state index in [4.69, 9.17) is 0 Å². The first-order chi connectivity index (χ1) is 58.1. The average Bonchev–Trinajstić information content (AvgIpc) is 1.37. The molecule has 0 spiro atoms. The van der Waals surface area contributed by atoms with Gasteiger partial charge in [0.15, 0.2) is 0 Å². The molecule has 15 saturated heterocycles. The van der Waals surface area contributed by atoms with E-state index in [9.17, 15) is 0 Å². The van der Waals surface area contributed by atoms with Crippen LogP contribution in [0.3, 0.4) is 0 Å². The van der Waals surface area contributed by atoms with Gasteiger partial charge in [-0.1, -0.05) is 392 Å². The zero-order valence-corrected chi connectivity index (χ0v) is 138. The van der Waals surface area contributed by atoms with E-state index in [2.05, 4.69) is 504 Å². The molecule has 0 aromatic carbocycles. The Morgan fingerprint density at radius 3 is 0.267 bits per heavy atom. The summed E-state index contributed by atoms with van der Waals surface area (Å²) in [7, 11) is -3.35. The van der Waals surface area contributed by atoms with Crippen LogP contribution in [0, 0.1) is 65.0 Å². The van der Waals surface area contributed by atoms with E-state index in [-0.39, 0.29) is 141 Å². The molecule has 15 heterocycles. The van der Waals surface area contributed by atoms with Crippen molar-refractivity contribution in [1.29, 1.82) is 0 Å². The summed E-state index contributed by atoms with van der Waals surface area (Å²) in [5.74, 6) is 0. The molecule has 0 aromatic rings. The number of hydrogen-bond acceptors (Lipinski definition) is 6. The molecule has 6 nitrogen and oxygen atoms in total. The molecule has 6 unspecified atom stereocenters. The topological polar surface area (TPSA) is 19.4 Å². The second-order valence-electron chi connectivity index (χ2n) is 67.9. The Morgan fingerprint density at radius 1 is 0.141 bits per heavy atom. The summed E-state index contributed by atoms with van der Waals surface area (Å²) in [5.41, 5.74) is 6.61. The molecule has 0 aliphatic carbocycles. The SMILES string of the molecule is CC(C)(C)C12P3C4(C(C)(C)C)P1[C@@]1(C(C)(C)C)P[P@@]2[C@]3(C(C)(C)C)P[P@]41.CC(C)(C)C12P3C4(C(C)(C)C)P1[C@@]1(C(C)(C)C)P[P@@]2[C@]3(C(C)(C)C)P[P@]41.CC(C)(C)C12P3C4(C(C)(C)C)P1[C@@]1(C(C)(C)C)P[P@@]2[C@]3(C(C)(C)C)P[P@]41.C[Si](C)(C)[N]([Ge][N]([Si](C)(C)C)[Si](C)(C)C)[Si](C)(C)C.C[Si](C)(C)[N]([Ge][N]([Si](C)(C)C)[Si](C)(C)C)[Si](C)(C)C.C[Si](C)(C)[N]([Ge][N]([Si](C)(C)C)[Si](C)(C)C)[Si](C)(C)C. The average molecular weight is 2570 g/mol. The zero-order chi connectivity index (χ0) is 107. The Labute approximate surface area is 903 Å².